The van der Waals surface area contributed by atoms with Crippen LogP contribution in [-0.4, -0.2) is 31.2 Å². The lowest BCUT2D eigenvalue weighted by Gasteiger charge is -2.16. The number of rotatable bonds is 7. The van der Waals surface area contributed by atoms with Crippen LogP contribution in [0.3, 0.4) is 0 Å². The Labute approximate surface area is 121 Å². The van der Waals surface area contributed by atoms with Crippen molar-refractivity contribution >= 4 is 11.8 Å². The summed E-state index contributed by atoms with van der Waals surface area (Å²) in [6.07, 6.45) is 3.73. The second-order valence-corrected chi connectivity index (χ2v) is 6.58. The van der Waals surface area contributed by atoms with Crippen molar-refractivity contribution in [2.24, 2.45) is 5.92 Å². The average molecular weight is 279 g/mol. The van der Waals surface area contributed by atoms with Gasteiger partial charge in [-0.1, -0.05) is 12.1 Å². The molecule has 2 rings (SSSR count). The van der Waals surface area contributed by atoms with Gasteiger partial charge in [-0.2, -0.15) is 11.8 Å². The van der Waals surface area contributed by atoms with Crippen molar-refractivity contribution in [3.8, 4) is 5.75 Å². The zero-order valence-electron chi connectivity index (χ0n) is 12.0. The smallest absolute Gasteiger partial charge is 0.118 e. The van der Waals surface area contributed by atoms with Gasteiger partial charge in [0.25, 0.3) is 0 Å². The van der Waals surface area contributed by atoms with Crippen LogP contribution in [0.2, 0.25) is 0 Å². The highest BCUT2D eigenvalue weighted by Gasteiger charge is 2.15. The summed E-state index contributed by atoms with van der Waals surface area (Å²) in [5.41, 5.74) is 1.39. The summed E-state index contributed by atoms with van der Waals surface area (Å²) >= 11 is 2.10. The number of hydrogen-bond donors (Lipinski definition) is 1. The van der Waals surface area contributed by atoms with Crippen LogP contribution in [0.4, 0.5) is 0 Å². The second kappa shape index (κ2) is 7.81. The second-order valence-electron chi connectivity index (χ2n) is 5.43. The van der Waals surface area contributed by atoms with Crippen molar-refractivity contribution in [2.75, 3.05) is 25.2 Å². The fourth-order valence-corrected chi connectivity index (χ4v) is 3.67. The molecule has 0 aromatic heterocycles. The van der Waals surface area contributed by atoms with E-state index < -0.39 is 0 Å². The highest BCUT2D eigenvalue weighted by molar-refractivity contribution is 7.99. The highest BCUT2D eigenvalue weighted by atomic mass is 32.2. The van der Waals surface area contributed by atoms with Gasteiger partial charge >= 0.3 is 0 Å². The fraction of sp³-hybridized carbons (Fsp3) is 0.625. The van der Waals surface area contributed by atoms with Crippen LogP contribution in [0.1, 0.15) is 25.3 Å². The Kier molecular flexibility index (Phi) is 6.05. The minimum atomic E-state index is 0.604. The molecule has 2 unspecified atom stereocenters. The minimum absolute atomic E-state index is 0.604. The first-order valence-electron chi connectivity index (χ1n) is 7.22. The third kappa shape index (κ3) is 5.07. The van der Waals surface area contributed by atoms with Crippen molar-refractivity contribution in [1.29, 1.82) is 0 Å². The fourth-order valence-electron chi connectivity index (χ4n) is 2.39. The van der Waals surface area contributed by atoms with E-state index in [1.807, 2.05) is 12.1 Å². The van der Waals surface area contributed by atoms with E-state index in [0.717, 1.165) is 18.1 Å². The molecule has 1 N–H and O–H groups in total. The molecule has 1 fully saturated rings. The Balaban J connectivity index is 1.65. The molecule has 106 valence electrons. The zero-order valence-corrected chi connectivity index (χ0v) is 12.8. The van der Waals surface area contributed by atoms with Gasteiger partial charge in [-0.25, -0.2) is 0 Å². The van der Waals surface area contributed by atoms with Gasteiger partial charge in [-0.15, -0.1) is 0 Å². The Morgan fingerprint density at radius 3 is 2.79 bits per heavy atom. The van der Waals surface area contributed by atoms with Gasteiger partial charge in [0.1, 0.15) is 5.75 Å². The van der Waals surface area contributed by atoms with Gasteiger partial charge in [0.05, 0.1) is 7.11 Å². The van der Waals surface area contributed by atoms with Gasteiger partial charge in [0.2, 0.25) is 0 Å². The maximum Gasteiger partial charge on any atom is 0.118 e. The van der Waals surface area contributed by atoms with Crippen molar-refractivity contribution in [1.82, 2.24) is 5.32 Å². The third-order valence-corrected chi connectivity index (χ3v) is 5.04. The first-order valence-corrected chi connectivity index (χ1v) is 8.37. The van der Waals surface area contributed by atoms with Crippen molar-refractivity contribution in [3.63, 3.8) is 0 Å². The standard InChI is InChI=1S/C16H25NOS/c1-13(17-11-15-9-10-19-12-15)3-4-14-5-7-16(18-2)8-6-14/h5-8,13,15,17H,3-4,9-12H2,1-2H3. The minimum Gasteiger partial charge on any atom is -0.497 e. The normalized spacial score (nSPS) is 20.4. The topological polar surface area (TPSA) is 21.3 Å². The van der Waals surface area contributed by atoms with E-state index >= 15 is 0 Å². The quantitative estimate of drug-likeness (QED) is 0.827. The number of ether oxygens (including phenoxy) is 1. The number of thioether (sulfide) groups is 1. The van der Waals surface area contributed by atoms with Crippen molar-refractivity contribution in [3.05, 3.63) is 29.8 Å². The summed E-state index contributed by atoms with van der Waals surface area (Å²) in [4.78, 5) is 0. The Bertz CT molecular complexity index is 360. The molecule has 0 amide bonds. The SMILES string of the molecule is COc1ccc(CCC(C)NCC2CCSC2)cc1. The largest absolute Gasteiger partial charge is 0.497 e. The van der Waals surface area contributed by atoms with Gasteiger partial charge in [-0.05, 0) is 67.9 Å². The molecule has 0 saturated carbocycles. The molecular weight excluding hydrogens is 254 g/mol. The number of hydrogen-bond acceptors (Lipinski definition) is 3. The van der Waals surface area contributed by atoms with Crippen LogP contribution in [-0.2, 0) is 6.42 Å². The Hall–Kier alpha value is -0.670. The lowest BCUT2D eigenvalue weighted by atomic mass is 10.0. The third-order valence-electron chi connectivity index (χ3n) is 3.80. The van der Waals surface area contributed by atoms with Gasteiger partial charge in [0, 0.05) is 6.04 Å². The molecule has 1 aromatic rings. The molecule has 19 heavy (non-hydrogen) atoms. The van der Waals surface area contributed by atoms with Crippen LogP contribution in [0.15, 0.2) is 24.3 Å². The molecule has 1 heterocycles. The first kappa shape index (κ1) is 14.7. The molecule has 1 aliphatic heterocycles. The van der Waals surface area contributed by atoms with E-state index in [2.05, 4.69) is 36.1 Å². The number of aryl methyl sites for hydroxylation is 1. The lowest BCUT2D eigenvalue weighted by Crippen LogP contribution is -2.31. The molecular formula is C16H25NOS. The monoisotopic (exact) mass is 279 g/mol. The van der Waals surface area contributed by atoms with Gasteiger partial charge in [-0.3, -0.25) is 0 Å². The van der Waals surface area contributed by atoms with E-state index in [1.165, 1.54) is 36.5 Å². The van der Waals surface area contributed by atoms with E-state index in [4.69, 9.17) is 4.74 Å². The molecule has 0 aliphatic carbocycles. The average Bonchev–Trinajstić information content (AvgIpc) is 2.96. The first-order chi connectivity index (χ1) is 9.28. The van der Waals surface area contributed by atoms with Crippen molar-refractivity contribution < 1.29 is 4.74 Å². The van der Waals surface area contributed by atoms with Crippen LogP contribution in [0, 0.1) is 5.92 Å². The van der Waals surface area contributed by atoms with Crippen LogP contribution in [0.25, 0.3) is 0 Å². The molecule has 0 radical (unpaired) electrons. The maximum atomic E-state index is 5.18. The molecule has 1 saturated heterocycles. The van der Waals surface area contributed by atoms with Gasteiger partial charge in [0.15, 0.2) is 0 Å². The number of methoxy groups -OCH3 is 1. The summed E-state index contributed by atoms with van der Waals surface area (Å²) in [7, 11) is 1.71. The summed E-state index contributed by atoms with van der Waals surface area (Å²) in [5, 5.41) is 3.68. The van der Waals surface area contributed by atoms with E-state index in [1.54, 1.807) is 7.11 Å². The molecule has 0 spiro atoms. The predicted molar refractivity (Wildman–Crippen MR) is 84.2 cm³/mol. The van der Waals surface area contributed by atoms with E-state index in [9.17, 15) is 0 Å². The van der Waals surface area contributed by atoms with E-state index in [-0.39, 0.29) is 0 Å². The highest BCUT2D eigenvalue weighted by Crippen LogP contribution is 2.22. The molecule has 2 nitrogen and oxygen atoms in total. The van der Waals surface area contributed by atoms with Crippen LogP contribution < -0.4 is 10.1 Å². The Morgan fingerprint density at radius 1 is 1.37 bits per heavy atom. The summed E-state index contributed by atoms with van der Waals surface area (Å²) in [6, 6.07) is 9.03. The van der Waals surface area contributed by atoms with Crippen LogP contribution >= 0.6 is 11.8 Å². The zero-order chi connectivity index (χ0) is 13.5. The number of benzene rings is 1. The Morgan fingerprint density at radius 2 is 2.16 bits per heavy atom. The van der Waals surface area contributed by atoms with Crippen LogP contribution in [0.5, 0.6) is 5.75 Å². The van der Waals surface area contributed by atoms with Crippen molar-refractivity contribution in [2.45, 2.75) is 32.2 Å². The summed E-state index contributed by atoms with van der Waals surface area (Å²) in [6.45, 7) is 3.49. The molecule has 0 bridgehead atoms. The molecule has 1 aliphatic rings. The van der Waals surface area contributed by atoms with Gasteiger partial charge < -0.3 is 10.1 Å². The lowest BCUT2D eigenvalue weighted by molar-refractivity contribution is 0.414. The maximum absolute atomic E-state index is 5.18. The summed E-state index contributed by atoms with van der Waals surface area (Å²) < 4.78 is 5.18. The van der Waals surface area contributed by atoms with E-state index in [0.29, 0.717) is 6.04 Å². The number of nitrogens with one attached hydrogen (secondary N) is 1. The molecule has 2 atom stereocenters. The predicted octanol–water partition coefficient (Wildman–Crippen LogP) is 3.36. The molecule has 3 heteroatoms. The summed E-state index contributed by atoms with van der Waals surface area (Å²) in [5.74, 6) is 4.53. The molecule has 1 aromatic carbocycles.